The molecule has 1 aliphatic rings. The van der Waals surface area contributed by atoms with Crippen LogP contribution in [0.4, 0.5) is 0 Å². The van der Waals surface area contributed by atoms with Gasteiger partial charge in [0.05, 0.1) is 0 Å². The summed E-state index contributed by atoms with van der Waals surface area (Å²) in [4.78, 5) is 22.6. The molecule has 0 aliphatic carbocycles. The van der Waals surface area contributed by atoms with E-state index in [1.807, 2.05) is 12.1 Å². The van der Waals surface area contributed by atoms with Crippen LogP contribution < -0.4 is 10.6 Å². The van der Waals surface area contributed by atoms with E-state index in [9.17, 15) is 4.79 Å². The molecule has 0 radical (unpaired) electrons. The van der Waals surface area contributed by atoms with E-state index < -0.39 is 0 Å². The molecule has 8 nitrogen and oxygen atoms in total. The van der Waals surface area contributed by atoms with Crippen molar-refractivity contribution in [3.05, 3.63) is 35.2 Å². The van der Waals surface area contributed by atoms with Crippen molar-refractivity contribution < 1.29 is 9.32 Å². The van der Waals surface area contributed by atoms with E-state index in [1.165, 1.54) is 0 Å². The SMILES string of the molecule is CN=C(NCCc1nc(-c2ccc(Cl)cc2)no1)N1CCC(CC(=O)NC)CC1. The summed E-state index contributed by atoms with van der Waals surface area (Å²) < 4.78 is 5.35. The van der Waals surface area contributed by atoms with Crippen LogP contribution >= 0.6 is 11.6 Å². The van der Waals surface area contributed by atoms with Crippen molar-refractivity contribution >= 4 is 23.5 Å². The molecule has 29 heavy (non-hydrogen) atoms. The monoisotopic (exact) mass is 418 g/mol. The van der Waals surface area contributed by atoms with Crippen LogP contribution in [-0.2, 0) is 11.2 Å². The van der Waals surface area contributed by atoms with Crippen LogP contribution in [0.15, 0.2) is 33.8 Å². The molecular formula is C20H27ClN6O2. The molecule has 0 atom stereocenters. The van der Waals surface area contributed by atoms with Gasteiger partial charge in [0, 0.05) is 57.2 Å². The minimum Gasteiger partial charge on any atom is -0.359 e. The van der Waals surface area contributed by atoms with Gasteiger partial charge >= 0.3 is 0 Å². The molecule has 9 heteroatoms. The molecule has 3 rings (SSSR count). The van der Waals surface area contributed by atoms with Gasteiger partial charge in [-0.3, -0.25) is 9.79 Å². The van der Waals surface area contributed by atoms with Crippen LogP contribution in [0, 0.1) is 5.92 Å². The molecule has 0 bridgehead atoms. The number of rotatable bonds is 6. The average Bonchev–Trinajstić information content (AvgIpc) is 3.21. The van der Waals surface area contributed by atoms with Crippen LogP contribution in [0.25, 0.3) is 11.4 Å². The molecule has 2 aromatic rings. The van der Waals surface area contributed by atoms with Gasteiger partial charge in [0.15, 0.2) is 5.96 Å². The number of aromatic nitrogens is 2. The average molecular weight is 419 g/mol. The Balaban J connectivity index is 1.45. The van der Waals surface area contributed by atoms with Crippen LogP contribution in [-0.4, -0.2) is 60.6 Å². The van der Waals surface area contributed by atoms with Gasteiger partial charge in [-0.2, -0.15) is 4.98 Å². The topological polar surface area (TPSA) is 95.7 Å². The number of nitrogens with zero attached hydrogens (tertiary/aromatic N) is 4. The van der Waals surface area contributed by atoms with Crippen LogP contribution in [0.1, 0.15) is 25.2 Å². The minimum atomic E-state index is 0.114. The summed E-state index contributed by atoms with van der Waals surface area (Å²) in [6.45, 7) is 2.43. The molecule has 0 unspecified atom stereocenters. The molecule has 1 amide bonds. The molecular weight excluding hydrogens is 392 g/mol. The van der Waals surface area contributed by atoms with Gasteiger partial charge in [0.2, 0.25) is 17.6 Å². The van der Waals surface area contributed by atoms with Gasteiger partial charge in [-0.25, -0.2) is 0 Å². The fraction of sp³-hybridized carbons (Fsp3) is 0.500. The molecule has 156 valence electrons. The van der Waals surface area contributed by atoms with E-state index in [1.54, 1.807) is 26.2 Å². The molecule has 0 saturated carbocycles. The third kappa shape index (κ3) is 5.93. The summed E-state index contributed by atoms with van der Waals surface area (Å²) in [5, 5.41) is 10.8. The second-order valence-electron chi connectivity index (χ2n) is 7.05. The maximum Gasteiger partial charge on any atom is 0.228 e. The quantitative estimate of drug-likeness (QED) is 0.552. The van der Waals surface area contributed by atoms with Crippen LogP contribution in [0.3, 0.4) is 0 Å². The Morgan fingerprint density at radius 1 is 1.31 bits per heavy atom. The number of piperidine rings is 1. The van der Waals surface area contributed by atoms with Gasteiger partial charge in [-0.1, -0.05) is 16.8 Å². The van der Waals surface area contributed by atoms with Crippen molar-refractivity contribution in [2.24, 2.45) is 10.9 Å². The summed E-state index contributed by atoms with van der Waals surface area (Å²) in [6, 6.07) is 7.34. The van der Waals surface area contributed by atoms with Crippen molar-refractivity contribution in [2.45, 2.75) is 25.7 Å². The van der Waals surface area contributed by atoms with E-state index in [-0.39, 0.29) is 5.91 Å². The van der Waals surface area contributed by atoms with Gasteiger partial charge in [0.25, 0.3) is 0 Å². The van der Waals surface area contributed by atoms with Crippen LogP contribution in [0.2, 0.25) is 5.02 Å². The Bertz CT molecular complexity index is 828. The summed E-state index contributed by atoms with van der Waals surface area (Å²) in [7, 11) is 3.47. The zero-order chi connectivity index (χ0) is 20.6. The summed E-state index contributed by atoms with van der Waals surface area (Å²) in [5.74, 6) is 2.54. The Labute approximate surface area is 175 Å². The van der Waals surface area contributed by atoms with E-state index in [2.05, 4.69) is 30.7 Å². The zero-order valence-corrected chi connectivity index (χ0v) is 17.6. The van der Waals surface area contributed by atoms with Gasteiger partial charge in [-0.15, -0.1) is 0 Å². The second kappa shape index (κ2) is 10.2. The van der Waals surface area contributed by atoms with Crippen molar-refractivity contribution in [1.82, 2.24) is 25.7 Å². The third-order valence-corrected chi connectivity index (χ3v) is 5.32. The Morgan fingerprint density at radius 2 is 2.03 bits per heavy atom. The first-order valence-corrected chi connectivity index (χ1v) is 10.2. The number of halogens is 1. The second-order valence-corrected chi connectivity index (χ2v) is 7.49. The highest BCUT2D eigenvalue weighted by molar-refractivity contribution is 6.30. The van der Waals surface area contributed by atoms with Crippen molar-refractivity contribution in [1.29, 1.82) is 0 Å². The Hall–Kier alpha value is -2.61. The normalized spacial score (nSPS) is 15.4. The maximum absolute atomic E-state index is 11.5. The molecule has 2 N–H and O–H groups in total. The molecule has 2 heterocycles. The lowest BCUT2D eigenvalue weighted by Crippen LogP contribution is -2.46. The number of nitrogens with one attached hydrogen (secondary N) is 2. The Kier molecular flexibility index (Phi) is 7.46. The first kappa shape index (κ1) is 21.1. The first-order valence-electron chi connectivity index (χ1n) is 9.83. The number of hydrogen-bond acceptors (Lipinski definition) is 5. The molecule has 1 fully saturated rings. The predicted octanol–water partition coefficient (Wildman–Crippen LogP) is 2.36. The number of carbonyl (C=O) groups excluding carboxylic acids is 1. The smallest absolute Gasteiger partial charge is 0.228 e. The van der Waals surface area contributed by atoms with E-state index >= 15 is 0 Å². The number of guanidine groups is 1. The van der Waals surface area contributed by atoms with Crippen LogP contribution in [0.5, 0.6) is 0 Å². The Morgan fingerprint density at radius 3 is 2.69 bits per heavy atom. The predicted molar refractivity (Wildman–Crippen MR) is 113 cm³/mol. The standard InChI is InChI=1S/C20H27ClN6O2/c1-22-17(28)13-14-8-11-27(12-9-14)20(23-2)24-10-7-18-25-19(26-29-18)15-3-5-16(21)6-4-15/h3-6,14H,7-13H2,1-2H3,(H,22,28)(H,23,24). The number of hydrogen-bond donors (Lipinski definition) is 2. The number of benzene rings is 1. The zero-order valence-electron chi connectivity index (χ0n) is 16.8. The lowest BCUT2D eigenvalue weighted by molar-refractivity contribution is -0.121. The lowest BCUT2D eigenvalue weighted by atomic mass is 9.93. The molecule has 1 aromatic heterocycles. The number of carbonyl (C=O) groups is 1. The van der Waals surface area contributed by atoms with Crippen molar-refractivity contribution in [3.8, 4) is 11.4 Å². The van der Waals surface area contributed by atoms with Gasteiger partial charge in [0.1, 0.15) is 0 Å². The highest BCUT2D eigenvalue weighted by Gasteiger charge is 2.23. The number of amides is 1. The summed E-state index contributed by atoms with van der Waals surface area (Å²) in [6.07, 6.45) is 3.18. The minimum absolute atomic E-state index is 0.114. The van der Waals surface area contributed by atoms with E-state index in [0.717, 1.165) is 37.5 Å². The fourth-order valence-corrected chi connectivity index (χ4v) is 3.53. The van der Waals surface area contributed by atoms with E-state index in [4.69, 9.17) is 16.1 Å². The summed E-state index contributed by atoms with van der Waals surface area (Å²) >= 11 is 5.91. The maximum atomic E-state index is 11.5. The third-order valence-electron chi connectivity index (χ3n) is 5.07. The van der Waals surface area contributed by atoms with Gasteiger partial charge < -0.3 is 20.1 Å². The van der Waals surface area contributed by atoms with Gasteiger partial charge in [-0.05, 0) is 43.0 Å². The summed E-state index contributed by atoms with van der Waals surface area (Å²) in [5.41, 5.74) is 0.868. The lowest BCUT2D eigenvalue weighted by Gasteiger charge is -2.34. The molecule has 1 aromatic carbocycles. The molecule has 1 saturated heterocycles. The number of aliphatic imine (C=N–C) groups is 1. The largest absolute Gasteiger partial charge is 0.359 e. The van der Waals surface area contributed by atoms with Crippen molar-refractivity contribution in [3.63, 3.8) is 0 Å². The highest BCUT2D eigenvalue weighted by atomic mass is 35.5. The highest BCUT2D eigenvalue weighted by Crippen LogP contribution is 2.21. The first-order chi connectivity index (χ1) is 14.1. The van der Waals surface area contributed by atoms with Crippen molar-refractivity contribution in [2.75, 3.05) is 33.7 Å². The van der Waals surface area contributed by atoms with E-state index in [0.29, 0.717) is 42.0 Å². The molecule has 1 aliphatic heterocycles. The molecule has 0 spiro atoms. The number of likely N-dealkylation sites (tertiary alicyclic amines) is 1. The fourth-order valence-electron chi connectivity index (χ4n) is 3.40.